The van der Waals surface area contributed by atoms with Crippen molar-refractivity contribution < 1.29 is 22.7 Å². The molecule has 1 aliphatic heterocycles. The van der Waals surface area contributed by atoms with Crippen LogP contribution in [0.5, 0.6) is 5.75 Å². The van der Waals surface area contributed by atoms with E-state index in [0.29, 0.717) is 42.6 Å². The molecule has 0 amide bonds. The van der Waals surface area contributed by atoms with Crippen LogP contribution < -0.4 is 4.74 Å². The number of nitrogens with zero attached hydrogens (tertiary/aromatic N) is 1. The van der Waals surface area contributed by atoms with Gasteiger partial charge in [0.25, 0.3) is 0 Å². The van der Waals surface area contributed by atoms with Crippen molar-refractivity contribution in [2.24, 2.45) is 5.92 Å². The van der Waals surface area contributed by atoms with Gasteiger partial charge in [-0.05, 0) is 74.0 Å². The van der Waals surface area contributed by atoms with Gasteiger partial charge in [-0.1, -0.05) is 29.8 Å². The summed E-state index contributed by atoms with van der Waals surface area (Å²) in [6, 6.07) is 14.0. The normalized spacial score (nSPS) is 16.1. The van der Waals surface area contributed by atoms with E-state index in [-0.39, 0.29) is 18.6 Å². The Bertz CT molecular complexity index is 856. The molecule has 7 heteroatoms. The second-order valence-corrected chi connectivity index (χ2v) is 7.72. The molecule has 30 heavy (non-hydrogen) atoms. The van der Waals surface area contributed by atoms with Crippen LogP contribution in [0.15, 0.2) is 54.6 Å². The second-order valence-electron chi connectivity index (χ2n) is 7.28. The van der Waals surface area contributed by atoms with E-state index in [4.69, 9.17) is 16.3 Å². The van der Waals surface area contributed by atoms with Crippen LogP contribution >= 0.6 is 11.6 Å². The van der Waals surface area contributed by atoms with Gasteiger partial charge in [0.05, 0.1) is 5.92 Å². The largest absolute Gasteiger partial charge is 0.492 e. The number of piperidine rings is 1. The van der Waals surface area contributed by atoms with Gasteiger partial charge in [0, 0.05) is 17.1 Å². The minimum atomic E-state index is -4.09. The van der Waals surface area contributed by atoms with E-state index in [2.05, 4.69) is 0 Å². The number of likely N-dealkylation sites (tertiary alicyclic amines) is 1. The van der Waals surface area contributed by atoms with Crippen molar-refractivity contribution in [3.05, 3.63) is 70.8 Å². The smallest absolute Gasteiger partial charge is 0.391 e. The molecule has 0 spiro atoms. The van der Waals surface area contributed by atoms with Crippen molar-refractivity contribution in [2.45, 2.75) is 19.0 Å². The van der Waals surface area contributed by atoms with Crippen LogP contribution in [0.1, 0.15) is 28.8 Å². The molecule has 1 fully saturated rings. The van der Waals surface area contributed by atoms with E-state index >= 15 is 0 Å². The average Bonchev–Trinajstić information content (AvgIpc) is 2.73. The summed E-state index contributed by atoms with van der Waals surface area (Å²) in [5.41, 5.74) is 1.42. The summed E-state index contributed by atoms with van der Waals surface area (Å²) in [5.74, 6) is -0.607. The summed E-state index contributed by atoms with van der Waals surface area (Å²) in [6.07, 6.45) is -0.550. The number of carbonyl (C=O) groups is 1. The summed E-state index contributed by atoms with van der Waals surface area (Å²) < 4.78 is 43.8. The number of allylic oxidation sites excluding steroid dienone is 1. The number of hydrogen-bond donors (Lipinski definition) is 0. The highest BCUT2D eigenvalue weighted by Gasteiger charge is 2.40. The number of ether oxygens (including phenoxy) is 1. The molecule has 0 unspecified atom stereocenters. The Morgan fingerprint density at radius 2 is 1.70 bits per heavy atom. The first kappa shape index (κ1) is 22.4. The molecule has 0 aromatic heterocycles. The van der Waals surface area contributed by atoms with E-state index in [1.54, 1.807) is 30.3 Å². The molecular formula is C23H23ClF3NO2. The number of carbonyl (C=O) groups excluding carboxylic acids is 1. The predicted octanol–water partition coefficient (Wildman–Crippen LogP) is 5.89. The first-order valence-corrected chi connectivity index (χ1v) is 10.2. The summed E-state index contributed by atoms with van der Waals surface area (Å²) in [4.78, 5) is 14.1. The maximum atomic E-state index is 12.7. The van der Waals surface area contributed by atoms with Gasteiger partial charge in [0.15, 0.2) is 5.78 Å². The number of rotatable bonds is 7. The fourth-order valence-electron chi connectivity index (χ4n) is 3.33. The number of ketones is 1. The Morgan fingerprint density at radius 3 is 2.30 bits per heavy atom. The molecule has 0 atom stereocenters. The molecule has 0 radical (unpaired) electrons. The lowest BCUT2D eigenvalue weighted by Crippen LogP contribution is -2.40. The fraction of sp³-hybridized carbons (Fsp3) is 0.348. The number of hydrogen-bond acceptors (Lipinski definition) is 3. The monoisotopic (exact) mass is 437 g/mol. The first-order valence-electron chi connectivity index (χ1n) is 9.81. The van der Waals surface area contributed by atoms with Crippen molar-refractivity contribution >= 4 is 23.5 Å². The zero-order valence-corrected chi connectivity index (χ0v) is 17.1. The Hall–Kier alpha value is -2.31. The lowest BCUT2D eigenvalue weighted by molar-refractivity contribution is -0.185. The van der Waals surface area contributed by atoms with Crippen molar-refractivity contribution in [3.8, 4) is 5.75 Å². The molecule has 0 saturated carbocycles. The molecule has 0 bridgehead atoms. The number of benzene rings is 2. The highest BCUT2D eigenvalue weighted by molar-refractivity contribution is 6.30. The maximum absolute atomic E-state index is 12.7. The quantitative estimate of drug-likeness (QED) is 0.399. The van der Waals surface area contributed by atoms with E-state index in [9.17, 15) is 18.0 Å². The summed E-state index contributed by atoms with van der Waals surface area (Å²) in [5, 5.41) is 0.580. The molecule has 1 saturated heterocycles. The van der Waals surface area contributed by atoms with Crippen LogP contribution in [-0.4, -0.2) is 43.1 Å². The van der Waals surface area contributed by atoms with Crippen molar-refractivity contribution in [3.63, 3.8) is 0 Å². The van der Waals surface area contributed by atoms with Gasteiger partial charge in [-0.2, -0.15) is 13.2 Å². The first-order chi connectivity index (χ1) is 14.3. The zero-order chi connectivity index (χ0) is 21.6. The van der Waals surface area contributed by atoms with E-state index in [1.165, 1.54) is 6.08 Å². The van der Waals surface area contributed by atoms with Gasteiger partial charge in [-0.25, -0.2) is 0 Å². The summed E-state index contributed by atoms with van der Waals surface area (Å²) in [7, 11) is 0. The van der Waals surface area contributed by atoms with Crippen molar-refractivity contribution in [1.29, 1.82) is 0 Å². The van der Waals surface area contributed by atoms with E-state index in [0.717, 1.165) is 5.56 Å². The molecule has 0 aliphatic carbocycles. The van der Waals surface area contributed by atoms with Crippen LogP contribution in [0, 0.1) is 5.92 Å². The molecule has 3 rings (SSSR count). The molecule has 2 aromatic carbocycles. The second kappa shape index (κ2) is 10.1. The van der Waals surface area contributed by atoms with Gasteiger partial charge in [-0.3, -0.25) is 9.69 Å². The highest BCUT2D eigenvalue weighted by Crippen LogP contribution is 2.33. The highest BCUT2D eigenvalue weighted by atomic mass is 35.5. The fourth-order valence-corrected chi connectivity index (χ4v) is 3.46. The Balaban J connectivity index is 1.41. The maximum Gasteiger partial charge on any atom is 0.391 e. The number of alkyl halides is 3. The van der Waals surface area contributed by atoms with E-state index < -0.39 is 12.1 Å². The molecule has 160 valence electrons. The standard InChI is InChI=1S/C23H23ClF3NO2/c24-20-6-4-18(5-7-20)22(29)10-3-17-1-8-21(9-2-17)30-16-15-28-13-11-19(12-14-28)23(25,26)27/h1-10,19H,11-16H2/b10-3+. The predicted molar refractivity (Wildman–Crippen MR) is 112 cm³/mol. The third-order valence-electron chi connectivity index (χ3n) is 5.16. The molecule has 1 heterocycles. The van der Waals surface area contributed by atoms with E-state index in [1.807, 2.05) is 29.2 Å². The van der Waals surface area contributed by atoms with Crippen LogP contribution in [0.4, 0.5) is 13.2 Å². The third-order valence-corrected chi connectivity index (χ3v) is 5.41. The van der Waals surface area contributed by atoms with Gasteiger partial charge < -0.3 is 4.74 Å². The van der Waals surface area contributed by atoms with Gasteiger partial charge in [0.2, 0.25) is 0 Å². The molecule has 2 aromatic rings. The minimum Gasteiger partial charge on any atom is -0.492 e. The zero-order valence-electron chi connectivity index (χ0n) is 16.4. The van der Waals surface area contributed by atoms with Crippen LogP contribution in [0.3, 0.4) is 0 Å². The van der Waals surface area contributed by atoms with Crippen LogP contribution in [0.25, 0.3) is 6.08 Å². The molecule has 3 nitrogen and oxygen atoms in total. The van der Waals surface area contributed by atoms with Gasteiger partial charge in [-0.15, -0.1) is 0 Å². The topological polar surface area (TPSA) is 29.5 Å². The van der Waals surface area contributed by atoms with Gasteiger partial charge in [0.1, 0.15) is 12.4 Å². The lowest BCUT2D eigenvalue weighted by atomic mass is 9.96. The molecule has 1 aliphatic rings. The van der Waals surface area contributed by atoms with Crippen LogP contribution in [0.2, 0.25) is 5.02 Å². The Morgan fingerprint density at radius 1 is 1.07 bits per heavy atom. The lowest BCUT2D eigenvalue weighted by Gasteiger charge is -2.32. The Labute approximate surface area is 179 Å². The summed E-state index contributed by atoms with van der Waals surface area (Å²) >= 11 is 5.82. The van der Waals surface area contributed by atoms with Crippen LogP contribution in [-0.2, 0) is 0 Å². The van der Waals surface area contributed by atoms with Gasteiger partial charge >= 0.3 is 6.18 Å². The third kappa shape index (κ3) is 6.61. The SMILES string of the molecule is O=C(/C=C/c1ccc(OCCN2CCC(C(F)(F)F)CC2)cc1)c1ccc(Cl)cc1. The molecule has 0 N–H and O–H groups in total. The summed E-state index contributed by atoms with van der Waals surface area (Å²) in [6.45, 7) is 1.90. The van der Waals surface area contributed by atoms with Crippen molar-refractivity contribution in [1.82, 2.24) is 4.90 Å². The molecular weight excluding hydrogens is 415 g/mol. The Kier molecular flexibility index (Phi) is 7.56. The average molecular weight is 438 g/mol. The van der Waals surface area contributed by atoms with Crippen molar-refractivity contribution in [2.75, 3.05) is 26.2 Å². The minimum absolute atomic E-state index is 0.110. The number of halogens is 4.